The molecule has 0 bridgehead atoms. The van der Waals surface area contributed by atoms with E-state index < -0.39 is 5.91 Å². The van der Waals surface area contributed by atoms with Gasteiger partial charge in [0.25, 0.3) is 0 Å². The molecule has 0 saturated carbocycles. The van der Waals surface area contributed by atoms with Crippen LogP contribution in [0.15, 0.2) is 24.3 Å². The van der Waals surface area contributed by atoms with Crippen LogP contribution < -0.4 is 20.7 Å². The Morgan fingerprint density at radius 1 is 0.967 bits per heavy atom. The molecule has 1 aromatic rings. The summed E-state index contributed by atoms with van der Waals surface area (Å²) in [6, 6.07) is 7.90. The number of ether oxygens (including phenoxy) is 1. The zero-order chi connectivity index (χ0) is 21.9. The second-order valence-corrected chi connectivity index (χ2v) is 7.99. The molecule has 3 amide bonds. The van der Waals surface area contributed by atoms with Crippen LogP contribution in [0.3, 0.4) is 0 Å². The van der Waals surface area contributed by atoms with Crippen LogP contribution in [0, 0.1) is 11.8 Å². The third-order valence-electron chi connectivity index (χ3n) is 5.34. The smallest absolute Gasteiger partial charge is 0.239 e. The lowest BCUT2D eigenvalue weighted by atomic mass is 10.0. The molecule has 2 rings (SSSR count). The van der Waals surface area contributed by atoms with Crippen molar-refractivity contribution >= 4 is 17.7 Å². The minimum atomic E-state index is -0.398. The molecule has 0 aliphatic carbocycles. The third kappa shape index (κ3) is 8.82. The van der Waals surface area contributed by atoms with Crippen LogP contribution in [0.2, 0.25) is 0 Å². The summed E-state index contributed by atoms with van der Waals surface area (Å²) in [5.41, 5.74) is 1.10. The first-order chi connectivity index (χ1) is 14.3. The van der Waals surface area contributed by atoms with Crippen molar-refractivity contribution in [2.75, 3.05) is 45.9 Å². The maximum atomic E-state index is 11.8. The Balaban J connectivity index is 1.57. The molecule has 2 unspecified atom stereocenters. The molecule has 30 heavy (non-hydrogen) atoms. The fourth-order valence-electron chi connectivity index (χ4n) is 3.33. The lowest BCUT2D eigenvalue weighted by Crippen LogP contribution is -2.41. The standard InChI is InChI=1S/C22H34N4O4/c1-16-14-26(15-17(16)2)10-11-30-20-6-4-19(5-7-20)8-9-23-21(28)13-25-22(29)12-24-18(3)27/h4-7,16-17H,8-15H2,1-3H3,(H,23,28)(H,24,27)(H,25,29). The van der Waals surface area contributed by atoms with E-state index in [9.17, 15) is 14.4 Å². The molecular weight excluding hydrogens is 384 g/mol. The fourth-order valence-corrected chi connectivity index (χ4v) is 3.33. The number of likely N-dealkylation sites (tertiary alicyclic amines) is 1. The highest BCUT2D eigenvalue weighted by Crippen LogP contribution is 2.21. The molecule has 0 spiro atoms. The van der Waals surface area contributed by atoms with Gasteiger partial charge < -0.3 is 20.7 Å². The summed E-state index contributed by atoms with van der Waals surface area (Å²) < 4.78 is 5.85. The van der Waals surface area contributed by atoms with Crippen LogP contribution in [0.5, 0.6) is 5.75 Å². The Morgan fingerprint density at radius 3 is 2.20 bits per heavy atom. The molecule has 0 radical (unpaired) electrons. The Bertz CT molecular complexity index is 698. The van der Waals surface area contributed by atoms with Gasteiger partial charge in [-0.15, -0.1) is 0 Å². The Kier molecular flexibility index (Phi) is 9.60. The van der Waals surface area contributed by atoms with Crippen molar-refractivity contribution in [3.63, 3.8) is 0 Å². The van der Waals surface area contributed by atoms with Crippen molar-refractivity contribution in [1.82, 2.24) is 20.9 Å². The predicted octanol–water partition coefficient (Wildman–Crippen LogP) is 0.564. The van der Waals surface area contributed by atoms with Crippen molar-refractivity contribution in [2.45, 2.75) is 27.2 Å². The molecular formula is C22H34N4O4. The van der Waals surface area contributed by atoms with E-state index in [0.29, 0.717) is 19.6 Å². The minimum absolute atomic E-state index is 0.111. The second kappa shape index (κ2) is 12.2. The van der Waals surface area contributed by atoms with Crippen LogP contribution in [0.1, 0.15) is 26.3 Å². The quantitative estimate of drug-likeness (QED) is 0.488. The molecule has 1 fully saturated rings. The van der Waals surface area contributed by atoms with E-state index in [0.717, 1.165) is 42.8 Å². The highest BCUT2D eigenvalue weighted by Gasteiger charge is 2.25. The molecule has 1 aliphatic heterocycles. The van der Waals surface area contributed by atoms with Gasteiger partial charge in [0.2, 0.25) is 17.7 Å². The number of rotatable bonds is 11. The van der Waals surface area contributed by atoms with Crippen LogP contribution in [0.25, 0.3) is 0 Å². The van der Waals surface area contributed by atoms with E-state index in [2.05, 4.69) is 34.7 Å². The number of hydrogen-bond donors (Lipinski definition) is 3. The van der Waals surface area contributed by atoms with Gasteiger partial charge >= 0.3 is 0 Å². The van der Waals surface area contributed by atoms with Crippen LogP contribution in [0.4, 0.5) is 0 Å². The lowest BCUT2D eigenvalue weighted by Gasteiger charge is -2.16. The third-order valence-corrected chi connectivity index (χ3v) is 5.34. The summed E-state index contributed by atoms with van der Waals surface area (Å²) in [6.45, 7) is 10.1. The van der Waals surface area contributed by atoms with E-state index in [1.165, 1.54) is 6.92 Å². The first kappa shape index (κ1) is 23.7. The average molecular weight is 419 g/mol. The Morgan fingerprint density at radius 2 is 1.57 bits per heavy atom. The normalized spacial score (nSPS) is 18.6. The zero-order valence-electron chi connectivity index (χ0n) is 18.2. The van der Waals surface area contributed by atoms with Crippen LogP contribution in [-0.2, 0) is 20.8 Å². The average Bonchev–Trinajstić information content (AvgIpc) is 3.03. The van der Waals surface area contributed by atoms with Gasteiger partial charge in [0, 0.05) is 33.1 Å². The summed E-state index contributed by atoms with van der Waals surface area (Å²) >= 11 is 0. The van der Waals surface area contributed by atoms with Gasteiger partial charge in [-0.1, -0.05) is 26.0 Å². The van der Waals surface area contributed by atoms with Crippen molar-refractivity contribution in [1.29, 1.82) is 0 Å². The first-order valence-electron chi connectivity index (χ1n) is 10.6. The fraction of sp³-hybridized carbons (Fsp3) is 0.591. The first-order valence-corrected chi connectivity index (χ1v) is 10.6. The van der Waals surface area contributed by atoms with Gasteiger partial charge in [0.1, 0.15) is 12.4 Å². The molecule has 2 atom stereocenters. The van der Waals surface area contributed by atoms with Crippen molar-refractivity contribution in [3.8, 4) is 5.75 Å². The molecule has 8 nitrogen and oxygen atoms in total. The highest BCUT2D eigenvalue weighted by atomic mass is 16.5. The van der Waals surface area contributed by atoms with E-state index >= 15 is 0 Å². The summed E-state index contributed by atoms with van der Waals surface area (Å²) in [5, 5.41) is 7.59. The monoisotopic (exact) mass is 418 g/mol. The van der Waals surface area contributed by atoms with Crippen LogP contribution >= 0.6 is 0 Å². The van der Waals surface area contributed by atoms with Gasteiger partial charge in [-0.05, 0) is 36.0 Å². The number of hydrogen-bond acceptors (Lipinski definition) is 5. The van der Waals surface area contributed by atoms with Crippen LogP contribution in [-0.4, -0.2) is 68.5 Å². The largest absolute Gasteiger partial charge is 0.492 e. The van der Waals surface area contributed by atoms with Gasteiger partial charge in [-0.25, -0.2) is 0 Å². The second-order valence-electron chi connectivity index (χ2n) is 7.99. The number of nitrogens with zero attached hydrogens (tertiary/aromatic N) is 1. The minimum Gasteiger partial charge on any atom is -0.492 e. The Labute approximate surface area is 178 Å². The molecule has 0 aromatic heterocycles. The topological polar surface area (TPSA) is 99.8 Å². The molecule has 1 aliphatic rings. The van der Waals surface area contributed by atoms with E-state index in [1.54, 1.807) is 0 Å². The van der Waals surface area contributed by atoms with Gasteiger partial charge in [0.15, 0.2) is 0 Å². The predicted molar refractivity (Wildman–Crippen MR) is 115 cm³/mol. The molecule has 3 N–H and O–H groups in total. The van der Waals surface area contributed by atoms with Crippen molar-refractivity contribution in [3.05, 3.63) is 29.8 Å². The zero-order valence-corrected chi connectivity index (χ0v) is 18.2. The van der Waals surface area contributed by atoms with E-state index in [4.69, 9.17) is 4.74 Å². The number of benzene rings is 1. The number of amides is 3. The summed E-state index contributed by atoms with van der Waals surface area (Å²) in [6.07, 6.45) is 0.690. The number of carbonyl (C=O) groups is 3. The number of carbonyl (C=O) groups excluding carboxylic acids is 3. The van der Waals surface area contributed by atoms with Crippen molar-refractivity contribution < 1.29 is 19.1 Å². The van der Waals surface area contributed by atoms with Gasteiger partial charge in [-0.2, -0.15) is 0 Å². The summed E-state index contributed by atoms with van der Waals surface area (Å²) in [7, 11) is 0. The SMILES string of the molecule is CC(=O)NCC(=O)NCC(=O)NCCc1ccc(OCCN2CC(C)C(C)C2)cc1. The molecule has 1 saturated heterocycles. The van der Waals surface area contributed by atoms with Gasteiger partial charge in [0.05, 0.1) is 13.1 Å². The number of nitrogens with one attached hydrogen (secondary N) is 3. The van der Waals surface area contributed by atoms with Crippen molar-refractivity contribution in [2.24, 2.45) is 11.8 Å². The molecule has 1 heterocycles. The molecule has 8 heteroatoms. The highest BCUT2D eigenvalue weighted by molar-refractivity contribution is 5.87. The molecule has 1 aromatic carbocycles. The van der Waals surface area contributed by atoms with E-state index in [-0.39, 0.29) is 24.9 Å². The van der Waals surface area contributed by atoms with E-state index in [1.807, 2.05) is 24.3 Å². The van der Waals surface area contributed by atoms with Gasteiger partial charge in [-0.3, -0.25) is 19.3 Å². The molecule has 166 valence electrons. The summed E-state index contributed by atoms with van der Waals surface area (Å²) in [4.78, 5) is 36.4. The summed E-state index contributed by atoms with van der Waals surface area (Å²) in [5.74, 6) is 1.41. The maximum Gasteiger partial charge on any atom is 0.239 e. The lowest BCUT2D eigenvalue weighted by molar-refractivity contribution is -0.127. The maximum absolute atomic E-state index is 11.8. The Hall–Kier alpha value is -2.61.